The van der Waals surface area contributed by atoms with Gasteiger partial charge >= 0.3 is 6.18 Å². The lowest BCUT2D eigenvalue weighted by Gasteiger charge is -2.28. The molecule has 1 aromatic heterocycles. The van der Waals surface area contributed by atoms with Gasteiger partial charge in [0.15, 0.2) is 0 Å². The minimum absolute atomic E-state index is 0.0606. The van der Waals surface area contributed by atoms with Crippen molar-refractivity contribution in [3.8, 4) is 0 Å². The molecule has 0 spiro atoms. The second-order valence-electron chi connectivity index (χ2n) is 7.24. The van der Waals surface area contributed by atoms with Crippen LogP contribution in [-0.2, 0) is 25.6 Å². The molecule has 1 saturated heterocycles. The first-order valence-corrected chi connectivity index (χ1v) is 8.82. The van der Waals surface area contributed by atoms with Gasteiger partial charge in [0.1, 0.15) is 5.82 Å². The smallest absolute Gasteiger partial charge is 0.311 e. The van der Waals surface area contributed by atoms with Gasteiger partial charge in [0, 0.05) is 30.6 Å². The minimum atomic E-state index is -4.31. The van der Waals surface area contributed by atoms with Crippen LogP contribution in [0.5, 0.6) is 0 Å². The summed E-state index contributed by atoms with van der Waals surface area (Å²) in [6, 6.07) is 5.88. The number of alkyl halides is 3. The maximum atomic E-state index is 12.7. The van der Waals surface area contributed by atoms with E-state index in [-0.39, 0.29) is 17.6 Å². The van der Waals surface area contributed by atoms with Gasteiger partial charge in [-0.2, -0.15) is 13.2 Å². The average molecular weight is 363 g/mol. The van der Waals surface area contributed by atoms with Crippen molar-refractivity contribution in [1.29, 1.82) is 0 Å². The van der Waals surface area contributed by atoms with Crippen LogP contribution in [0.4, 0.5) is 13.2 Å². The monoisotopic (exact) mass is 363 g/mol. The van der Waals surface area contributed by atoms with E-state index in [9.17, 15) is 18.0 Å². The van der Waals surface area contributed by atoms with Crippen LogP contribution in [0.1, 0.15) is 41.1 Å². The fourth-order valence-corrected chi connectivity index (χ4v) is 4.23. The highest BCUT2D eigenvalue weighted by Crippen LogP contribution is 2.34. The molecule has 4 rings (SSSR count). The Morgan fingerprint density at radius 2 is 1.81 bits per heavy atom. The zero-order chi connectivity index (χ0) is 18.5. The molecule has 7 heteroatoms. The molecule has 1 N–H and O–H groups in total. The Labute approximate surface area is 149 Å². The van der Waals surface area contributed by atoms with Crippen molar-refractivity contribution in [2.45, 2.75) is 57.4 Å². The van der Waals surface area contributed by atoms with Gasteiger partial charge in [-0.05, 0) is 43.9 Å². The van der Waals surface area contributed by atoms with Crippen LogP contribution in [0.15, 0.2) is 29.1 Å². The topological polar surface area (TPSA) is 49.0 Å². The van der Waals surface area contributed by atoms with E-state index in [2.05, 4.69) is 14.9 Å². The molecule has 2 aromatic rings. The van der Waals surface area contributed by atoms with Gasteiger partial charge in [-0.25, -0.2) is 4.98 Å². The quantitative estimate of drug-likeness (QED) is 0.891. The van der Waals surface area contributed by atoms with Crippen molar-refractivity contribution in [2.24, 2.45) is 0 Å². The summed E-state index contributed by atoms with van der Waals surface area (Å²) in [5.41, 5.74) is 1.81. The van der Waals surface area contributed by atoms with E-state index >= 15 is 0 Å². The standard InChI is InChI=1S/C19H20F3N3O/c1-11-23-17-9-15-7-6-14(8-16(17)18(26)24-11)25(15)10-12-2-4-13(5-3-12)19(20,21)22/h2-5,14-15H,6-10H2,1H3,(H,23,24,26)/t14-,15+/m0/s1. The Morgan fingerprint density at radius 1 is 1.15 bits per heavy atom. The Hall–Kier alpha value is -2.15. The summed E-state index contributed by atoms with van der Waals surface area (Å²) >= 11 is 0. The van der Waals surface area contributed by atoms with Crippen molar-refractivity contribution < 1.29 is 13.2 Å². The predicted octanol–water partition coefficient (Wildman–Crippen LogP) is 3.23. The molecule has 1 fully saturated rings. The molecule has 138 valence electrons. The maximum absolute atomic E-state index is 12.7. The van der Waals surface area contributed by atoms with E-state index in [1.54, 1.807) is 19.1 Å². The second kappa shape index (κ2) is 6.23. The molecule has 0 unspecified atom stereocenters. The van der Waals surface area contributed by atoms with Gasteiger partial charge in [-0.15, -0.1) is 0 Å². The van der Waals surface area contributed by atoms with Gasteiger partial charge in [-0.3, -0.25) is 9.69 Å². The molecule has 3 heterocycles. The number of rotatable bonds is 2. The number of hydrogen-bond donors (Lipinski definition) is 1. The van der Waals surface area contributed by atoms with E-state index in [0.717, 1.165) is 48.2 Å². The fourth-order valence-electron chi connectivity index (χ4n) is 4.23. The minimum Gasteiger partial charge on any atom is -0.311 e. The van der Waals surface area contributed by atoms with Crippen LogP contribution >= 0.6 is 0 Å². The number of nitrogens with zero attached hydrogens (tertiary/aromatic N) is 2. The van der Waals surface area contributed by atoms with Crippen LogP contribution in [0.25, 0.3) is 0 Å². The summed E-state index contributed by atoms with van der Waals surface area (Å²) in [4.78, 5) is 21.9. The van der Waals surface area contributed by atoms with Crippen LogP contribution < -0.4 is 5.56 Å². The number of fused-ring (bicyclic) bond motifs is 3. The molecule has 2 aliphatic heterocycles. The van der Waals surface area contributed by atoms with Crippen molar-refractivity contribution in [3.63, 3.8) is 0 Å². The summed E-state index contributed by atoms with van der Waals surface area (Å²) in [5.74, 6) is 0.626. The third kappa shape index (κ3) is 3.16. The lowest BCUT2D eigenvalue weighted by atomic mass is 9.98. The number of aryl methyl sites for hydroxylation is 1. The normalized spacial score (nSPS) is 22.9. The number of halogens is 3. The van der Waals surface area contributed by atoms with E-state index in [0.29, 0.717) is 18.8 Å². The molecule has 0 radical (unpaired) electrons. The van der Waals surface area contributed by atoms with E-state index in [4.69, 9.17) is 0 Å². The zero-order valence-corrected chi connectivity index (χ0v) is 14.4. The van der Waals surface area contributed by atoms with Gasteiger partial charge in [-0.1, -0.05) is 12.1 Å². The summed E-state index contributed by atoms with van der Waals surface area (Å²) in [7, 11) is 0. The first-order chi connectivity index (χ1) is 12.3. The lowest BCUT2D eigenvalue weighted by Crippen LogP contribution is -2.36. The highest BCUT2D eigenvalue weighted by molar-refractivity contribution is 5.27. The molecular formula is C19H20F3N3O. The molecule has 2 atom stereocenters. The van der Waals surface area contributed by atoms with E-state index < -0.39 is 11.7 Å². The van der Waals surface area contributed by atoms with E-state index in [1.165, 1.54) is 0 Å². The zero-order valence-electron chi connectivity index (χ0n) is 14.4. The number of aromatic nitrogens is 2. The Balaban J connectivity index is 1.58. The van der Waals surface area contributed by atoms with Crippen LogP contribution in [0, 0.1) is 6.92 Å². The summed E-state index contributed by atoms with van der Waals surface area (Å²) in [6.07, 6.45) is -0.922. The van der Waals surface area contributed by atoms with Gasteiger partial charge in [0.05, 0.1) is 11.3 Å². The second-order valence-corrected chi connectivity index (χ2v) is 7.24. The van der Waals surface area contributed by atoms with Crippen molar-refractivity contribution in [2.75, 3.05) is 0 Å². The third-order valence-electron chi connectivity index (χ3n) is 5.51. The highest BCUT2D eigenvalue weighted by Gasteiger charge is 2.38. The first kappa shape index (κ1) is 17.3. The molecule has 2 bridgehead atoms. The predicted molar refractivity (Wildman–Crippen MR) is 90.8 cm³/mol. The Bertz CT molecular complexity index is 873. The lowest BCUT2D eigenvalue weighted by molar-refractivity contribution is -0.137. The molecule has 26 heavy (non-hydrogen) atoms. The summed E-state index contributed by atoms with van der Waals surface area (Å²) in [5, 5.41) is 0. The molecule has 0 saturated carbocycles. The Kier molecular flexibility index (Phi) is 4.14. The summed E-state index contributed by atoms with van der Waals surface area (Å²) in [6.45, 7) is 2.38. The van der Waals surface area contributed by atoms with Crippen LogP contribution in [0.3, 0.4) is 0 Å². The average Bonchev–Trinajstić information content (AvgIpc) is 2.83. The number of benzene rings is 1. The maximum Gasteiger partial charge on any atom is 0.416 e. The largest absolute Gasteiger partial charge is 0.416 e. The molecule has 2 aliphatic rings. The number of H-pyrrole nitrogens is 1. The third-order valence-corrected chi connectivity index (χ3v) is 5.51. The first-order valence-electron chi connectivity index (χ1n) is 8.82. The Morgan fingerprint density at radius 3 is 2.46 bits per heavy atom. The van der Waals surface area contributed by atoms with Gasteiger partial charge in [0.2, 0.25) is 0 Å². The molecule has 0 aliphatic carbocycles. The van der Waals surface area contributed by atoms with Gasteiger partial charge in [0.25, 0.3) is 5.56 Å². The van der Waals surface area contributed by atoms with Crippen molar-refractivity contribution in [1.82, 2.24) is 14.9 Å². The molecular weight excluding hydrogens is 343 g/mol. The van der Waals surface area contributed by atoms with Crippen molar-refractivity contribution in [3.05, 3.63) is 62.8 Å². The molecule has 4 nitrogen and oxygen atoms in total. The van der Waals surface area contributed by atoms with Crippen LogP contribution in [-0.4, -0.2) is 27.0 Å². The van der Waals surface area contributed by atoms with Crippen LogP contribution in [0.2, 0.25) is 0 Å². The number of aromatic amines is 1. The van der Waals surface area contributed by atoms with Crippen molar-refractivity contribution >= 4 is 0 Å². The molecule has 1 aromatic carbocycles. The number of nitrogens with one attached hydrogen (secondary N) is 1. The number of hydrogen-bond acceptors (Lipinski definition) is 3. The fraction of sp³-hybridized carbons (Fsp3) is 0.474. The SMILES string of the molecule is Cc1nc2c(c(=O)[nH]1)C[C@@H]1CC[C@H](C2)N1Cc1ccc(C(F)(F)F)cc1. The van der Waals surface area contributed by atoms with Gasteiger partial charge < -0.3 is 4.98 Å². The molecule has 0 amide bonds. The van der Waals surface area contributed by atoms with E-state index in [1.807, 2.05) is 0 Å². The summed E-state index contributed by atoms with van der Waals surface area (Å²) < 4.78 is 38.2. The highest BCUT2D eigenvalue weighted by atomic mass is 19.4.